The number of amides is 1. The Morgan fingerprint density at radius 1 is 0.909 bits per heavy atom. The number of nitrogens with one attached hydrogen (secondary N) is 1. The van der Waals surface area contributed by atoms with Crippen molar-refractivity contribution in [1.82, 2.24) is 0 Å². The Bertz CT molecular complexity index is 630. The van der Waals surface area contributed by atoms with Crippen molar-refractivity contribution in [2.24, 2.45) is 0 Å². The molecule has 0 saturated heterocycles. The third kappa shape index (κ3) is 4.55. The SMILES string of the molecule is CC(C)c1ccc(NC(=O)CCC(=O)c2ccccc2)cc1. The molecule has 0 fully saturated rings. The highest BCUT2D eigenvalue weighted by molar-refractivity contribution is 5.99. The van der Waals surface area contributed by atoms with Gasteiger partial charge in [-0.25, -0.2) is 0 Å². The first kappa shape index (κ1) is 16.0. The lowest BCUT2D eigenvalue weighted by molar-refractivity contribution is -0.116. The Morgan fingerprint density at radius 2 is 1.55 bits per heavy atom. The fourth-order valence-corrected chi connectivity index (χ4v) is 2.17. The van der Waals surface area contributed by atoms with Gasteiger partial charge in [0.15, 0.2) is 5.78 Å². The lowest BCUT2D eigenvalue weighted by Gasteiger charge is -2.08. The number of rotatable bonds is 6. The Kier molecular flexibility index (Phi) is 5.48. The summed E-state index contributed by atoms with van der Waals surface area (Å²) in [7, 11) is 0. The number of hydrogen-bond acceptors (Lipinski definition) is 2. The quantitative estimate of drug-likeness (QED) is 0.802. The van der Waals surface area contributed by atoms with Crippen LogP contribution in [0.5, 0.6) is 0 Å². The van der Waals surface area contributed by atoms with Crippen LogP contribution in [0.2, 0.25) is 0 Å². The Balaban J connectivity index is 1.84. The molecule has 0 spiro atoms. The Hall–Kier alpha value is -2.42. The normalized spacial score (nSPS) is 10.5. The van der Waals surface area contributed by atoms with Crippen molar-refractivity contribution in [3.8, 4) is 0 Å². The summed E-state index contributed by atoms with van der Waals surface area (Å²) in [5.41, 5.74) is 2.65. The van der Waals surface area contributed by atoms with E-state index in [9.17, 15) is 9.59 Å². The van der Waals surface area contributed by atoms with Gasteiger partial charge in [-0.2, -0.15) is 0 Å². The van der Waals surface area contributed by atoms with E-state index in [2.05, 4.69) is 19.2 Å². The summed E-state index contributed by atoms with van der Waals surface area (Å²) in [5, 5.41) is 2.82. The molecule has 2 aromatic carbocycles. The number of carbonyl (C=O) groups excluding carboxylic acids is 2. The summed E-state index contributed by atoms with van der Waals surface area (Å²) in [5.74, 6) is 0.320. The average molecular weight is 295 g/mol. The first-order chi connectivity index (χ1) is 10.6. The van der Waals surface area contributed by atoms with E-state index in [1.54, 1.807) is 12.1 Å². The van der Waals surface area contributed by atoms with Crippen LogP contribution in [-0.4, -0.2) is 11.7 Å². The average Bonchev–Trinajstić information content (AvgIpc) is 2.54. The molecule has 1 amide bonds. The van der Waals surface area contributed by atoms with E-state index in [0.29, 0.717) is 11.5 Å². The van der Waals surface area contributed by atoms with Gasteiger partial charge in [0, 0.05) is 24.1 Å². The Labute approximate surface area is 131 Å². The minimum Gasteiger partial charge on any atom is -0.326 e. The zero-order valence-electron chi connectivity index (χ0n) is 13.0. The highest BCUT2D eigenvalue weighted by Crippen LogP contribution is 2.17. The van der Waals surface area contributed by atoms with Crippen molar-refractivity contribution in [1.29, 1.82) is 0 Å². The number of Topliss-reactive ketones (excluding diaryl/α,β-unsaturated/α-hetero) is 1. The zero-order valence-corrected chi connectivity index (χ0v) is 13.0. The lowest BCUT2D eigenvalue weighted by atomic mass is 10.0. The van der Waals surface area contributed by atoms with Crippen molar-refractivity contribution in [2.45, 2.75) is 32.6 Å². The van der Waals surface area contributed by atoms with Crippen molar-refractivity contribution in [3.05, 3.63) is 65.7 Å². The molecular formula is C19H21NO2. The third-order valence-electron chi connectivity index (χ3n) is 3.54. The molecule has 0 unspecified atom stereocenters. The minimum atomic E-state index is -0.137. The summed E-state index contributed by atoms with van der Waals surface area (Å²) in [4.78, 5) is 23.8. The van der Waals surface area contributed by atoms with Gasteiger partial charge in [0.1, 0.15) is 0 Å². The van der Waals surface area contributed by atoms with E-state index < -0.39 is 0 Å². The second kappa shape index (κ2) is 7.55. The molecule has 0 saturated carbocycles. The topological polar surface area (TPSA) is 46.2 Å². The molecule has 0 radical (unpaired) electrons. The highest BCUT2D eigenvalue weighted by Gasteiger charge is 2.09. The molecule has 0 aliphatic heterocycles. The maximum Gasteiger partial charge on any atom is 0.224 e. The van der Waals surface area contributed by atoms with Gasteiger partial charge in [-0.05, 0) is 23.6 Å². The predicted octanol–water partition coefficient (Wildman–Crippen LogP) is 4.41. The summed E-state index contributed by atoms with van der Waals surface area (Å²) in [6.07, 6.45) is 0.416. The Morgan fingerprint density at radius 3 is 2.14 bits per heavy atom. The molecule has 22 heavy (non-hydrogen) atoms. The van der Waals surface area contributed by atoms with Crippen LogP contribution < -0.4 is 5.32 Å². The van der Waals surface area contributed by atoms with Crippen LogP contribution in [0.15, 0.2) is 54.6 Å². The first-order valence-corrected chi connectivity index (χ1v) is 7.54. The molecule has 0 aliphatic carbocycles. The first-order valence-electron chi connectivity index (χ1n) is 7.54. The van der Waals surface area contributed by atoms with E-state index >= 15 is 0 Å². The molecule has 3 nitrogen and oxygen atoms in total. The van der Waals surface area contributed by atoms with Gasteiger partial charge >= 0.3 is 0 Å². The number of ketones is 1. The van der Waals surface area contributed by atoms with Crippen LogP contribution in [0.3, 0.4) is 0 Å². The summed E-state index contributed by atoms with van der Waals surface area (Å²) in [6.45, 7) is 4.26. The van der Waals surface area contributed by atoms with E-state index in [4.69, 9.17) is 0 Å². The summed E-state index contributed by atoms with van der Waals surface area (Å²) in [6, 6.07) is 16.9. The minimum absolute atomic E-state index is 0.00842. The van der Waals surface area contributed by atoms with E-state index in [-0.39, 0.29) is 24.5 Å². The molecular weight excluding hydrogens is 274 g/mol. The largest absolute Gasteiger partial charge is 0.326 e. The van der Waals surface area contributed by atoms with Crippen molar-refractivity contribution in [3.63, 3.8) is 0 Å². The molecule has 1 N–H and O–H groups in total. The van der Waals surface area contributed by atoms with Crippen molar-refractivity contribution < 1.29 is 9.59 Å². The molecule has 3 heteroatoms. The molecule has 2 rings (SSSR count). The van der Waals surface area contributed by atoms with Gasteiger partial charge in [0.05, 0.1) is 0 Å². The maximum absolute atomic E-state index is 11.9. The second-order valence-corrected chi connectivity index (χ2v) is 5.61. The van der Waals surface area contributed by atoms with E-state index in [1.165, 1.54) is 5.56 Å². The van der Waals surface area contributed by atoms with Gasteiger partial charge in [-0.15, -0.1) is 0 Å². The fraction of sp³-hybridized carbons (Fsp3) is 0.263. The van der Waals surface area contributed by atoms with Crippen LogP contribution in [0.4, 0.5) is 5.69 Å². The van der Waals surface area contributed by atoms with Crippen LogP contribution in [-0.2, 0) is 4.79 Å². The smallest absolute Gasteiger partial charge is 0.224 e. The van der Waals surface area contributed by atoms with Crippen molar-refractivity contribution in [2.75, 3.05) is 5.32 Å². The van der Waals surface area contributed by atoms with Crippen LogP contribution in [0.25, 0.3) is 0 Å². The molecule has 0 heterocycles. The number of carbonyl (C=O) groups is 2. The van der Waals surface area contributed by atoms with Crippen LogP contribution >= 0.6 is 0 Å². The van der Waals surface area contributed by atoms with Crippen molar-refractivity contribution >= 4 is 17.4 Å². The highest BCUT2D eigenvalue weighted by atomic mass is 16.2. The maximum atomic E-state index is 11.9. The van der Waals surface area contributed by atoms with Crippen LogP contribution in [0.1, 0.15) is 48.5 Å². The molecule has 114 valence electrons. The van der Waals surface area contributed by atoms with Crippen LogP contribution in [0, 0.1) is 0 Å². The second-order valence-electron chi connectivity index (χ2n) is 5.61. The van der Waals surface area contributed by atoms with Gasteiger partial charge in [0.2, 0.25) is 5.91 Å². The standard InChI is InChI=1S/C19H21NO2/c1-14(2)15-8-10-17(11-9-15)20-19(22)13-12-18(21)16-6-4-3-5-7-16/h3-11,14H,12-13H2,1-2H3,(H,20,22). The fourth-order valence-electron chi connectivity index (χ4n) is 2.17. The van der Waals surface area contributed by atoms with E-state index in [1.807, 2.05) is 42.5 Å². The molecule has 0 atom stereocenters. The molecule has 0 aliphatic rings. The molecule has 0 aromatic heterocycles. The monoisotopic (exact) mass is 295 g/mol. The molecule has 0 bridgehead atoms. The summed E-state index contributed by atoms with van der Waals surface area (Å²) >= 11 is 0. The number of anilines is 1. The van der Waals surface area contributed by atoms with Gasteiger partial charge in [-0.1, -0.05) is 56.3 Å². The third-order valence-corrected chi connectivity index (χ3v) is 3.54. The zero-order chi connectivity index (χ0) is 15.9. The van der Waals surface area contributed by atoms with Gasteiger partial charge in [-0.3, -0.25) is 9.59 Å². The van der Waals surface area contributed by atoms with Gasteiger partial charge in [0.25, 0.3) is 0 Å². The van der Waals surface area contributed by atoms with Gasteiger partial charge < -0.3 is 5.32 Å². The predicted molar refractivity (Wildman–Crippen MR) is 89.2 cm³/mol. The van der Waals surface area contributed by atoms with E-state index in [0.717, 1.165) is 5.69 Å². The lowest BCUT2D eigenvalue weighted by Crippen LogP contribution is -2.13. The number of hydrogen-bond donors (Lipinski definition) is 1. The summed E-state index contributed by atoms with van der Waals surface area (Å²) < 4.78 is 0. The number of benzene rings is 2. The molecule has 2 aromatic rings.